The van der Waals surface area contributed by atoms with Crippen molar-refractivity contribution in [2.45, 2.75) is 31.8 Å². The summed E-state index contributed by atoms with van der Waals surface area (Å²) < 4.78 is 5.97. The number of nitrogens with zero attached hydrogens (tertiary/aromatic N) is 6. The summed E-state index contributed by atoms with van der Waals surface area (Å²) in [5.41, 5.74) is 6.11. The van der Waals surface area contributed by atoms with Crippen LogP contribution >= 0.6 is 0 Å². The highest BCUT2D eigenvalue weighted by Gasteiger charge is 2.28. The zero-order chi connectivity index (χ0) is 27.1. The summed E-state index contributed by atoms with van der Waals surface area (Å²) in [6.07, 6.45) is 6.62. The van der Waals surface area contributed by atoms with E-state index < -0.39 is 6.17 Å². The monoisotopic (exact) mass is 528 g/mol. The van der Waals surface area contributed by atoms with Gasteiger partial charge in [0.15, 0.2) is 0 Å². The molecule has 1 aliphatic carbocycles. The number of aryl methyl sites for hydroxylation is 1. The van der Waals surface area contributed by atoms with E-state index in [0.717, 1.165) is 46.5 Å². The molecular formula is C30H24N8O2. The number of benzodiazepines with no additional fused rings is 1. The van der Waals surface area contributed by atoms with Crippen molar-refractivity contribution in [1.29, 1.82) is 0 Å². The van der Waals surface area contributed by atoms with Gasteiger partial charge >= 0.3 is 6.01 Å². The van der Waals surface area contributed by atoms with Crippen molar-refractivity contribution in [3.63, 3.8) is 0 Å². The number of amides is 1. The molecule has 1 saturated carbocycles. The summed E-state index contributed by atoms with van der Waals surface area (Å²) in [5, 5.41) is 14.3. The van der Waals surface area contributed by atoms with Gasteiger partial charge in [0.1, 0.15) is 11.5 Å². The lowest BCUT2D eigenvalue weighted by Crippen LogP contribution is -2.32. The first kappa shape index (κ1) is 23.8. The van der Waals surface area contributed by atoms with Gasteiger partial charge in [-0.05, 0) is 37.5 Å². The van der Waals surface area contributed by atoms with E-state index in [1.54, 1.807) is 6.20 Å². The van der Waals surface area contributed by atoms with Crippen LogP contribution in [0.25, 0.3) is 22.7 Å². The number of anilines is 2. The van der Waals surface area contributed by atoms with Crippen LogP contribution in [0.3, 0.4) is 0 Å². The number of pyridine rings is 1. The summed E-state index contributed by atoms with van der Waals surface area (Å²) in [6.45, 7) is 1.96. The van der Waals surface area contributed by atoms with Crippen molar-refractivity contribution in [3.05, 3.63) is 102 Å². The molecule has 0 unspecified atom stereocenters. The second-order valence-corrected chi connectivity index (χ2v) is 9.85. The molecule has 2 aliphatic rings. The van der Waals surface area contributed by atoms with Crippen LogP contribution in [0.4, 0.5) is 11.7 Å². The summed E-state index contributed by atoms with van der Waals surface area (Å²) >= 11 is 0. The first-order valence-electron chi connectivity index (χ1n) is 13.1. The Hall–Kier alpha value is -5.25. The molecule has 2 aromatic carbocycles. The number of hydrogen-bond donors (Lipinski definition) is 2. The van der Waals surface area contributed by atoms with E-state index in [0.29, 0.717) is 23.0 Å². The Bertz CT molecular complexity index is 1740. The number of para-hydroxylation sites is 1. The number of carbonyl (C=O) groups is 1. The Labute approximate surface area is 229 Å². The molecule has 3 aromatic heterocycles. The van der Waals surface area contributed by atoms with E-state index in [1.807, 2.05) is 80.0 Å². The third-order valence-electron chi connectivity index (χ3n) is 6.83. The number of fused-ring (bicyclic) bond motifs is 1. The zero-order valence-corrected chi connectivity index (χ0v) is 21.6. The van der Waals surface area contributed by atoms with Crippen molar-refractivity contribution in [3.8, 4) is 22.7 Å². The number of hydrogen-bond acceptors (Lipinski definition) is 9. The lowest BCUT2D eigenvalue weighted by atomic mass is 10.0. The molecule has 1 fully saturated rings. The van der Waals surface area contributed by atoms with Crippen LogP contribution in [0.5, 0.6) is 0 Å². The molecule has 1 atom stereocenters. The molecule has 4 heterocycles. The summed E-state index contributed by atoms with van der Waals surface area (Å²) in [6, 6.07) is 19.3. The van der Waals surface area contributed by atoms with Crippen molar-refractivity contribution in [1.82, 2.24) is 25.1 Å². The summed E-state index contributed by atoms with van der Waals surface area (Å²) in [7, 11) is 0. The molecule has 0 bridgehead atoms. The van der Waals surface area contributed by atoms with Gasteiger partial charge in [0.05, 0.1) is 11.4 Å². The molecule has 40 heavy (non-hydrogen) atoms. The second-order valence-electron chi connectivity index (χ2n) is 9.85. The number of aromatic nitrogens is 5. The highest BCUT2D eigenvalue weighted by atomic mass is 16.4. The maximum Gasteiger partial charge on any atom is 0.317 e. The highest BCUT2D eigenvalue weighted by Crippen LogP contribution is 2.38. The Balaban J connectivity index is 1.21. The van der Waals surface area contributed by atoms with E-state index >= 15 is 0 Å². The number of aliphatic imine (C=N–C) groups is 1. The van der Waals surface area contributed by atoms with Crippen molar-refractivity contribution in [2.75, 3.05) is 10.6 Å². The number of carbonyl (C=O) groups excluding carboxylic acids is 1. The van der Waals surface area contributed by atoms with E-state index in [9.17, 15) is 4.79 Å². The van der Waals surface area contributed by atoms with Gasteiger partial charge in [0.2, 0.25) is 6.17 Å². The molecule has 10 nitrogen and oxygen atoms in total. The van der Waals surface area contributed by atoms with Gasteiger partial charge in [-0.15, -0.1) is 5.10 Å². The van der Waals surface area contributed by atoms with Crippen LogP contribution in [0.1, 0.15) is 41.3 Å². The Morgan fingerprint density at radius 2 is 1.65 bits per heavy atom. The van der Waals surface area contributed by atoms with E-state index in [-0.39, 0.29) is 17.8 Å². The van der Waals surface area contributed by atoms with Crippen LogP contribution in [-0.4, -0.2) is 42.9 Å². The standard InChI is InChI=1S/C30H24N8O2/c1-17-13-22(20-15-32-26(33-16-20)19-11-12-19)25(31-14-17)29-37-38-30(40-29)36-27-28(39)34-23-10-6-5-9-21(23)24(35-27)18-7-3-2-4-8-18/h2-10,13-16,19,27H,11-12H2,1H3,(H,34,39)(H,36,38)/t27-/m1/s1. The lowest BCUT2D eigenvalue weighted by Gasteiger charge is -2.11. The van der Waals surface area contributed by atoms with E-state index in [1.165, 1.54) is 0 Å². The zero-order valence-electron chi connectivity index (χ0n) is 21.6. The third-order valence-corrected chi connectivity index (χ3v) is 6.83. The molecule has 0 saturated heterocycles. The predicted octanol–water partition coefficient (Wildman–Crippen LogP) is 5.00. The third kappa shape index (κ3) is 4.60. The normalized spacial score (nSPS) is 16.5. The van der Waals surface area contributed by atoms with Gasteiger partial charge in [0.25, 0.3) is 11.8 Å². The maximum absolute atomic E-state index is 13.2. The van der Waals surface area contributed by atoms with Gasteiger partial charge < -0.3 is 15.1 Å². The lowest BCUT2D eigenvalue weighted by molar-refractivity contribution is -0.116. The first-order valence-corrected chi connectivity index (χ1v) is 13.1. The number of nitrogens with one attached hydrogen (secondary N) is 2. The van der Waals surface area contributed by atoms with Crippen LogP contribution in [-0.2, 0) is 4.79 Å². The Kier molecular flexibility index (Phi) is 5.85. The van der Waals surface area contributed by atoms with Crippen molar-refractivity contribution >= 4 is 23.3 Å². The molecule has 5 aromatic rings. The minimum Gasteiger partial charge on any atom is -0.402 e. The van der Waals surface area contributed by atoms with E-state index in [4.69, 9.17) is 9.41 Å². The fourth-order valence-electron chi connectivity index (χ4n) is 4.66. The number of benzene rings is 2. The average molecular weight is 529 g/mol. The van der Waals surface area contributed by atoms with Gasteiger partial charge in [0, 0.05) is 46.8 Å². The fraction of sp³-hybridized carbons (Fsp3) is 0.167. The first-order chi connectivity index (χ1) is 19.6. The molecule has 0 spiro atoms. The maximum atomic E-state index is 13.2. The molecule has 1 amide bonds. The topological polar surface area (TPSA) is 131 Å². The average Bonchev–Trinajstić information content (AvgIpc) is 3.76. The van der Waals surface area contributed by atoms with Crippen LogP contribution in [0.15, 0.2) is 88.7 Å². The highest BCUT2D eigenvalue weighted by molar-refractivity contribution is 6.19. The number of rotatable bonds is 6. The van der Waals surface area contributed by atoms with Crippen LogP contribution in [0, 0.1) is 6.92 Å². The molecular weight excluding hydrogens is 504 g/mol. The quantitative estimate of drug-likeness (QED) is 0.315. The Morgan fingerprint density at radius 1 is 0.875 bits per heavy atom. The molecule has 7 rings (SSSR count). The Morgan fingerprint density at radius 3 is 2.45 bits per heavy atom. The summed E-state index contributed by atoms with van der Waals surface area (Å²) in [4.78, 5) is 31.7. The minimum atomic E-state index is -1.01. The molecule has 10 heteroatoms. The minimum absolute atomic E-state index is 0.0472. The fourth-order valence-corrected chi connectivity index (χ4v) is 4.66. The second kappa shape index (κ2) is 9.81. The van der Waals surface area contributed by atoms with Gasteiger partial charge in [-0.1, -0.05) is 53.6 Å². The molecule has 2 N–H and O–H groups in total. The molecule has 0 radical (unpaired) electrons. The van der Waals surface area contributed by atoms with Crippen molar-refractivity contribution in [2.24, 2.45) is 4.99 Å². The van der Waals surface area contributed by atoms with Gasteiger partial charge in [-0.25, -0.2) is 15.0 Å². The van der Waals surface area contributed by atoms with E-state index in [2.05, 4.69) is 35.8 Å². The smallest absolute Gasteiger partial charge is 0.317 e. The summed E-state index contributed by atoms with van der Waals surface area (Å²) in [5.74, 6) is 1.19. The largest absolute Gasteiger partial charge is 0.402 e. The van der Waals surface area contributed by atoms with Crippen LogP contribution < -0.4 is 10.6 Å². The SMILES string of the molecule is Cc1cnc(-c2nnc(N[C@H]3N=C(c4ccccc4)c4ccccc4NC3=O)o2)c(-c2cnc(C3CC3)nc2)c1. The van der Waals surface area contributed by atoms with Gasteiger partial charge in [-0.2, -0.15) is 0 Å². The van der Waals surface area contributed by atoms with Gasteiger partial charge in [-0.3, -0.25) is 9.78 Å². The predicted molar refractivity (Wildman–Crippen MR) is 150 cm³/mol. The molecule has 1 aliphatic heterocycles. The van der Waals surface area contributed by atoms with Crippen molar-refractivity contribution < 1.29 is 9.21 Å². The molecule has 196 valence electrons. The van der Waals surface area contributed by atoms with Crippen LogP contribution in [0.2, 0.25) is 0 Å².